The van der Waals surface area contributed by atoms with Gasteiger partial charge in [0.25, 0.3) is 0 Å². The predicted octanol–water partition coefficient (Wildman–Crippen LogP) is -1.64. The second kappa shape index (κ2) is 42.4. The van der Waals surface area contributed by atoms with E-state index >= 15 is 4.79 Å². The maximum Gasteiger partial charge on any atom is 0.490 e. The van der Waals surface area contributed by atoms with E-state index in [0.717, 1.165) is 0 Å². The van der Waals surface area contributed by atoms with E-state index in [-0.39, 0.29) is 62.5 Å². The summed E-state index contributed by atoms with van der Waals surface area (Å²) in [5, 5.41) is 75.4. The SMILES string of the molecule is CC[C@H](C)[C@@H]1NC(=O)[C@@H](CCCN=C(N)N)NC(=O)[C@H](CC(C)C)NC(=O)[C@H]([C@H](O)C(C)C)NC(=O)[C@@H](NC(=O)[C@H](CC(C)(C)C)NC(=O)[C@H](N)CC(C)(C)C)[C@@H](c2ccccc2)NC(=O)[C@H](CO)NC(=O)[C@@H](C)NC(=O)CNC(=O)[C@H]([C@H](C)O)NC1=O.O=C(O)C(F)(F)F.O=C(O)C(F)(F)F. The molecule has 0 spiro atoms. The summed E-state index contributed by atoms with van der Waals surface area (Å²) in [6.45, 7) is 21.4. The number of nitrogens with one attached hydrogen (secondary N) is 11. The fourth-order valence-electron chi connectivity index (χ4n) is 9.35. The van der Waals surface area contributed by atoms with Gasteiger partial charge in [-0.3, -0.25) is 57.7 Å². The van der Waals surface area contributed by atoms with Crippen molar-refractivity contribution >= 4 is 82.9 Å². The van der Waals surface area contributed by atoms with E-state index < -0.39 is 204 Å². The number of guanidine groups is 1. The van der Waals surface area contributed by atoms with Crippen molar-refractivity contribution in [2.75, 3.05) is 19.7 Å². The standard InChI is InChI=1S/C59H101N15O14.2C2HF3O2/c1-15-31(6)41-54(86)71-42(33(8)76)53(85)64-27-40(77)65-32(7)47(79)69-39(28-75)52(84)72-43(34-20-17-16-18-21-34)44(73-51(83)38(26-59(12,13)14)68-48(80)35(60)25-58(9,10)11)55(87)74-45(46(78)30(4)5)56(88)67-37(24-29(2)3)50(82)66-36(49(81)70-41)22-19-23-63-57(61)62;2*3-2(4,5)1(6)7/h16-18,20-21,29-33,35-39,41-46,75-76,78H,15,19,22-28,60H2,1-14H3,(H,64,85)(H,65,77)(H,66,82)(H,67,88)(H,68,80)(H,69,79)(H,70,81)(H,71,86)(H,72,84)(H,73,83)(H,74,87)(H4,61,62,63);2*(H,6,7)/t31-,32+,33-,35+,36+,37-,38-,39-,41-,42-,43+,44-,45-,46+;;/m0../s1. The lowest BCUT2D eigenvalue weighted by Gasteiger charge is -2.35. The predicted molar refractivity (Wildman–Crippen MR) is 355 cm³/mol. The van der Waals surface area contributed by atoms with Crippen LogP contribution in [-0.4, -0.2) is 213 Å². The number of nitrogens with two attached hydrogens (primary N) is 3. The van der Waals surface area contributed by atoms with Crippen molar-refractivity contribution in [3.63, 3.8) is 0 Å². The lowest BCUT2D eigenvalue weighted by atomic mass is 9.86. The van der Waals surface area contributed by atoms with E-state index in [1.807, 2.05) is 20.8 Å². The number of alkyl halides is 6. The van der Waals surface area contributed by atoms with Gasteiger partial charge in [0.05, 0.1) is 37.4 Å². The van der Waals surface area contributed by atoms with Gasteiger partial charge >= 0.3 is 24.3 Å². The van der Waals surface area contributed by atoms with E-state index in [1.54, 1.807) is 54.5 Å². The Hall–Kier alpha value is -8.98. The molecular formula is C63H103F6N15O18. The van der Waals surface area contributed by atoms with Crippen molar-refractivity contribution in [1.29, 1.82) is 0 Å². The smallest absolute Gasteiger partial charge is 0.475 e. The summed E-state index contributed by atoms with van der Waals surface area (Å²) in [7, 11) is 0. The number of hydrogen-bond donors (Lipinski definition) is 19. The average molecular weight is 1470 g/mol. The van der Waals surface area contributed by atoms with Crippen LogP contribution in [0, 0.1) is 28.6 Å². The van der Waals surface area contributed by atoms with E-state index in [9.17, 15) is 89.6 Å². The maximum atomic E-state index is 15.4. The average Bonchev–Trinajstić information content (AvgIpc) is 0.810. The first-order valence-electron chi connectivity index (χ1n) is 32.4. The summed E-state index contributed by atoms with van der Waals surface area (Å²) in [6.07, 6.45) is -13.2. The highest BCUT2D eigenvalue weighted by atomic mass is 19.4. The zero-order chi connectivity index (χ0) is 79.3. The molecule has 22 N–H and O–H groups in total. The number of halogens is 6. The molecule has 1 aromatic rings. The minimum atomic E-state index is -5.08. The largest absolute Gasteiger partial charge is 0.490 e. The van der Waals surface area contributed by atoms with Gasteiger partial charge in [0.1, 0.15) is 54.4 Å². The molecule has 39 heteroatoms. The second-order valence-electron chi connectivity index (χ2n) is 27.5. The number of carboxylic acid groups (broad SMARTS) is 2. The fraction of sp³-hybridized carbons (Fsp3) is 0.683. The number of carbonyl (C=O) groups is 13. The van der Waals surface area contributed by atoms with E-state index in [4.69, 9.17) is 37.0 Å². The summed E-state index contributed by atoms with van der Waals surface area (Å²) in [4.78, 5) is 179. The number of amides is 11. The summed E-state index contributed by atoms with van der Waals surface area (Å²) < 4.78 is 63.5. The van der Waals surface area contributed by atoms with Crippen LogP contribution >= 0.6 is 0 Å². The quantitative estimate of drug-likeness (QED) is 0.0320. The van der Waals surface area contributed by atoms with Gasteiger partial charge in [0, 0.05) is 6.54 Å². The first-order chi connectivity index (χ1) is 46.7. The molecule has 1 heterocycles. The van der Waals surface area contributed by atoms with Crippen LogP contribution in [-0.2, 0) is 62.3 Å². The van der Waals surface area contributed by atoms with Gasteiger partial charge in [0.15, 0.2) is 5.96 Å². The third-order valence-corrected chi connectivity index (χ3v) is 14.9. The summed E-state index contributed by atoms with van der Waals surface area (Å²) in [6, 6.07) is -9.84. The highest BCUT2D eigenvalue weighted by Crippen LogP contribution is 2.25. The Kier molecular flexibility index (Phi) is 38.7. The molecule has 14 atom stereocenters. The Labute approximate surface area is 586 Å². The van der Waals surface area contributed by atoms with Gasteiger partial charge in [-0.2, -0.15) is 26.3 Å². The van der Waals surface area contributed by atoms with Crippen molar-refractivity contribution in [3.05, 3.63) is 35.9 Å². The molecule has 102 heavy (non-hydrogen) atoms. The van der Waals surface area contributed by atoms with Crippen LogP contribution in [0.3, 0.4) is 0 Å². The summed E-state index contributed by atoms with van der Waals surface area (Å²) in [5.74, 6) is -18.5. The number of aliphatic hydroxyl groups excluding tert-OH is 3. The third kappa shape index (κ3) is 35.1. The van der Waals surface area contributed by atoms with Crippen LogP contribution in [0.1, 0.15) is 147 Å². The lowest BCUT2D eigenvalue weighted by Crippen LogP contribution is -2.65. The van der Waals surface area contributed by atoms with Gasteiger partial charge in [-0.25, -0.2) is 9.59 Å². The van der Waals surface area contributed by atoms with Crippen molar-refractivity contribution in [2.45, 2.75) is 226 Å². The molecule has 0 aliphatic carbocycles. The monoisotopic (exact) mass is 1470 g/mol. The van der Waals surface area contributed by atoms with Gasteiger partial charge < -0.3 is 101 Å². The Morgan fingerprint density at radius 3 is 1.55 bits per heavy atom. The van der Waals surface area contributed by atoms with Gasteiger partial charge in [0.2, 0.25) is 65.0 Å². The molecular weight excluding hydrogens is 1370 g/mol. The Morgan fingerprint density at radius 1 is 0.618 bits per heavy atom. The minimum Gasteiger partial charge on any atom is -0.475 e. The highest BCUT2D eigenvalue weighted by molar-refractivity contribution is 6.00. The number of aliphatic imine (C=N–C) groups is 1. The first kappa shape index (κ1) is 93.0. The molecule has 1 saturated heterocycles. The normalized spacial score (nSPS) is 23.1. The zero-order valence-corrected chi connectivity index (χ0v) is 59.5. The molecule has 1 aliphatic rings. The lowest BCUT2D eigenvalue weighted by molar-refractivity contribution is -0.193. The van der Waals surface area contributed by atoms with Gasteiger partial charge in [-0.05, 0) is 80.1 Å². The molecule has 0 saturated carbocycles. The summed E-state index contributed by atoms with van der Waals surface area (Å²) >= 11 is 0. The Morgan fingerprint density at radius 2 is 1.09 bits per heavy atom. The molecule has 1 aromatic carbocycles. The Bertz CT molecular complexity index is 2990. The summed E-state index contributed by atoms with van der Waals surface area (Å²) in [5.41, 5.74) is 16.5. The van der Waals surface area contributed by atoms with Crippen LogP contribution in [0.4, 0.5) is 26.3 Å². The van der Waals surface area contributed by atoms with Crippen molar-refractivity contribution < 1.29 is 114 Å². The third-order valence-electron chi connectivity index (χ3n) is 14.9. The number of nitrogens with zero attached hydrogens (tertiary/aromatic N) is 1. The topological polar surface area (TPSA) is 546 Å². The van der Waals surface area contributed by atoms with Crippen molar-refractivity contribution in [3.8, 4) is 0 Å². The zero-order valence-electron chi connectivity index (χ0n) is 59.5. The number of carboxylic acids is 2. The molecule has 580 valence electrons. The highest BCUT2D eigenvalue weighted by Gasteiger charge is 2.44. The molecule has 1 aliphatic heterocycles. The second-order valence-corrected chi connectivity index (χ2v) is 27.5. The minimum absolute atomic E-state index is 0.0109. The van der Waals surface area contributed by atoms with Crippen molar-refractivity contribution in [2.24, 2.45) is 50.8 Å². The number of hydrogen-bond acceptors (Lipinski definition) is 18. The van der Waals surface area contributed by atoms with Crippen LogP contribution < -0.4 is 75.7 Å². The van der Waals surface area contributed by atoms with Crippen LogP contribution in [0.5, 0.6) is 0 Å². The molecule has 11 amide bonds. The van der Waals surface area contributed by atoms with Crippen LogP contribution in [0.25, 0.3) is 0 Å². The number of carbonyl (C=O) groups excluding carboxylic acids is 11. The van der Waals surface area contributed by atoms with E-state index in [1.165, 1.54) is 52.0 Å². The fourth-order valence-corrected chi connectivity index (χ4v) is 9.35. The van der Waals surface area contributed by atoms with Crippen molar-refractivity contribution in [1.82, 2.24) is 58.5 Å². The van der Waals surface area contributed by atoms with Crippen LogP contribution in [0.15, 0.2) is 35.3 Å². The van der Waals surface area contributed by atoms with E-state index in [2.05, 4.69) is 63.5 Å². The number of benzene rings is 1. The molecule has 0 bridgehead atoms. The molecule has 33 nitrogen and oxygen atoms in total. The molecule has 2 rings (SSSR count). The van der Waals surface area contributed by atoms with E-state index in [0.29, 0.717) is 0 Å². The molecule has 0 radical (unpaired) electrons. The number of aliphatic carboxylic acids is 2. The molecule has 0 aromatic heterocycles. The first-order valence-corrected chi connectivity index (χ1v) is 32.4. The Balaban J connectivity index is 0.00000655. The number of aliphatic hydroxyl groups is 3. The van der Waals surface area contributed by atoms with Gasteiger partial charge in [-0.15, -0.1) is 0 Å². The maximum absolute atomic E-state index is 15.4. The van der Waals surface area contributed by atoms with Gasteiger partial charge in [-0.1, -0.05) is 120 Å². The molecule has 0 unspecified atom stereocenters. The molecule has 1 fully saturated rings. The van der Waals surface area contributed by atoms with Crippen LogP contribution in [0.2, 0.25) is 0 Å². The number of rotatable bonds is 19.